The quantitative estimate of drug-likeness (QED) is 0.692. The van der Waals surface area contributed by atoms with Gasteiger partial charge in [0.25, 0.3) is 5.91 Å². The van der Waals surface area contributed by atoms with Crippen LogP contribution < -0.4 is 5.32 Å². The molecule has 1 heterocycles. The minimum Gasteiger partial charge on any atom is -0.481 e. The molecule has 0 bridgehead atoms. The number of hydrogen-bond acceptors (Lipinski definition) is 3. The van der Waals surface area contributed by atoms with E-state index in [0.29, 0.717) is 18.7 Å². The molecule has 0 saturated heterocycles. The molecule has 1 aromatic rings. The van der Waals surface area contributed by atoms with Gasteiger partial charge in [-0.3, -0.25) is 14.3 Å². The minimum atomic E-state index is -0.758. The second-order valence-electron chi connectivity index (χ2n) is 3.75. The fourth-order valence-corrected chi connectivity index (χ4v) is 1.46. The maximum absolute atomic E-state index is 11.2. The molecule has 1 rings (SSSR count). The molecule has 0 unspecified atom stereocenters. The van der Waals surface area contributed by atoms with Gasteiger partial charge in [0.05, 0.1) is 0 Å². The largest absolute Gasteiger partial charge is 0.481 e. The van der Waals surface area contributed by atoms with Crippen LogP contribution in [0.25, 0.3) is 0 Å². The lowest BCUT2D eigenvalue weighted by Crippen LogP contribution is -2.18. The molecule has 0 saturated carbocycles. The van der Waals surface area contributed by atoms with Crippen molar-refractivity contribution in [3.63, 3.8) is 0 Å². The van der Waals surface area contributed by atoms with E-state index >= 15 is 0 Å². The van der Waals surface area contributed by atoms with Crippen molar-refractivity contribution in [2.24, 2.45) is 0 Å². The van der Waals surface area contributed by atoms with E-state index in [1.54, 1.807) is 24.0 Å². The van der Waals surface area contributed by atoms with Crippen LogP contribution in [0.4, 0.5) is 0 Å². The molecule has 0 aliphatic rings. The Kier molecular flexibility index (Phi) is 5.19. The number of rotatable bonds is 7. The summed E-state index contributed by atoms with van der Waals surface area (Å²) < 4.78 is 1.70. The first-order chi connectivity index (χ1) is 8.13. The zero-order valence-electron chi connectivity index (χ0n) is 9.85. The van der Waals surface area contributed by atoms with Crippen molar-refractivity contribution in [2.75, 3.05) is 7.05 Å². The summed E-state index contributed by atoms with van der Waals surface area (Å²) in [6.07, 6.45) is 4.35. The lowest BCUT2D eigenvalue weighted by Gasteiger charge is -2.00. The molecular weight excluding hydrogens is 222 g/mol. The molecule has 0 radical (unpaired) electrons. The Labute approximate surface area is 99.6 Å². The van der Waals surface area contributed by atoms with Gasteiger partial charge in [-0.2, -0.15) is 5.10 Å². The van der Waals surface area contributed by atoms with Crippen LogP contribution in [-0.2, 0) is 11.3 Å². The van der Waals surface area contributed by atoms with Gasteiger partial charge in [0, 0.05) is 26.2 Å². The monoisotopic (exact) mass is 239 g/mol. The topological polar surface area (TPSA) is 84.2 Å². The van der Waals surface area contributed by atoms with Gasteiger partial charge in [-0.25, -0.2) is 0 Å². The molecule has 1 amide bonds. The van der Waals surface area contributed by atoms with Crippen molar-refractivity contribution >= 4 is 11.9 Å². The average molecular weight is 239 g/mol. The molecule has 0 fully saturated rings. The van der Waals surface area contributed by atoms with E-state index in [4.69, 9.17) is 5.11 Å². The van der Waals surface area contributed by atoms with E-state index in [9.17, 15) is 9.59 Å². The number of aryl methyl sites for hydroxylation is 1. The summed E-state index contributed by atoms with van der Waals surface area (Å²) in [4.78, 5) is 21.5. The Hall–Kier alpha value is -1.85. The van der Waals surface area contributed by atoms with Crippen molar-refractivity contribution in [1.29, 1.82) is 0 Å². The molecular formula is C11H17N3O3. The van der Waals surface area contributed by atoms with E-state index in [1.807, 2.05) is 0 Å². The first-order valence-corrected chi connectivity index (χ1v) is 5.61. The van der Waals surface area contributed by atoms with Crippen molar-refractivity contribution in [3.8, 4) is 0 Å². The highest BCUT2D eigenvalue weighted by molar-refractivity contribution is 5.91. The van der Waals surface area contributed by atoms with E-state index in [2.05, 4.69) is 10.4 Å². The highest BCUT2D eigenvalue weighted by atomic mass is 16.4. The van der Waals surface area contributed by atoms with Crippen LogP contribution >= 0.6 is 0 Å². The highest BCUT2D eigenvalue weighted by Gasteiger charge is 2.06. The van der Waals surface area contributed by atoms with Gasteiger partial charge >= 0.3 is 5.97 Å². The number of hydrogen-bond donors (Lipinski definition) is 2. The fourth-order valence-electron chi connectivity index (χ4n) is 1.46. The normalized spacial score (nSPS) is 10.2. The molecule has 6 nitrogen and oxygen atoms in total. The van der Waals surface area contributed by atoms with Gasteiger partial charge in [0.15, 0.2) is 0 Å². The van der Waals surface area contributed by atoms with E-state index < -0.39 is 5.97 Å². The van der Waals surface area contributed by atoms with Crippen LogP contribution in [0, 0.1) is 0 Å². The number of carboxylic acids is 1. The fraction of sp³-hybridized carbons (Fsp3) is 0.545. The summed E-state index contributed by atoms with van der Waals surface area (Å²) in [7, 11) is 1.56. The van der Waals surface area contributed by atoms with Crippen molar-refractivity contribution in [1.82, 2.24) is 15.1 Å². The molecule has 2 N–H and O–H groups in total. The number of nitrogens with zero attached hydrogens (tertiary/aromatic N) is 2. The van der Waals surface area contributed by atoms with Gasteiger partial charge in [-0.05, 0) is 18.9 Å². The van der Waals surface area contributed by atoms with Gasteiger partial charge in [0.1, 0.15) is 5.69 Å². The first-order valence-electron chi connectivity index (χ1n) is 5.61. The third kappa shape index (κ3) is 4.67. The second-order valence-corrected chi connectivity index (χ2v) is 3.75. The maximum Gasteiger partial charge on any atom is 0.303 e. The van der Waals surface area contributed by atoms with Gasteiger partial charge < -0.3 is 10.4 Å². The van der Waals surface area contributed by atoms with Crippen molar-refractivity contribution in [2.45, 2.75) is 32.2 Å². The number of carbonyl (C=O) groups excluding carboxylic acids is 1. The Bertz CT molecular complexity index is 387. The van der Waals surface area contributed by atoms with Gasteiger partial charge in [0.2, 0.25) is 0 Å². The van der Waals surface area contributed by atoms with Crippen LogP contribution in [0.15, 0.2) is 12.3 Å². The van der Waals surface area contributed by atoms with Crippen molar-refractivity contribution < 1.29 is 14.7 Å². The van der Waals surface area contributed by atoms with Crippen molar-refractivity contribution in [3.05, 3.63) is 18.0 Å². The number of carboxylic acid groups (broad SMARTS) is 1. The highest BCUT2D eigenvalue weighted by Crippen LogP contribution is 2.03. The van der Waals surface area contributed by atoms with Crippen LogP contribution in [0.5, 0.6) is 0 Å². The predicted molar refractivity (Wildman–Crippen MR) is 61.7 cm³/mol. The molecule has 0 aliphatic carbocycles. The maximum atomic E-state index is 11.2. The number of amides is 1. The zero-order chi connectivity index (χ0) is 12.7. The van der Waals surface area contributed by atoms with Crippen LogP contribution in [0.1, 0.15) is 36.2 Å². The molecule has 94 valence electrons. The summed E-state index contributed by atoms with van der Waals surface area (Å²) in [5.41, 5.74) is 0.401. The summed E-state index contributed by atoms with van der Waals surface area (Å²) in [5.74, 6) is -0.958. The second kappa shape index (κ2) is 6.67. The van der Waals surface area contributed by atoms with E-state index in [-0.39, 0.29) is 12.3 Å². The Morgan fingerprint density at radius 1 is 1.41 bits per heavy atom. The van der Waals surface area contributed by atoms with E-state index in [0.717, 1.165) is 12.8 Å². The number of unbranched alkanes of at least 4 members (excludes halogenated alkanes) is 2. The molecule has 6 heteroatoms. The lowest BCUT2D eigenvalue weighted by molar-refractivity contribution is -0.137. The van der Waals surface area contributed by atoms with Crippen LogP contribution in [0.3, 0.4) is 0 Å². The summed E-state index contributed by atoms with van der Waals surface area (Å²) in [6, 6.07) is 1.66. The molecule has 17 heavy (non-hydrogen) atoms. The summed E-state index contributed by atoms with van der Waals surface area (Å²) in [5, 5.41) is 15.1. The average Bonchev–Trinajstić information content (AvgIpc) is 2.76. The lowest BCUT2D eigenvalue weighted by atomic mass is 10.2. The Morgan fingerprint density at radius 2 is 2.18 bits per heavy atom. The van der Waals surface area contributed by atoms with Crippen LogP contribution in [-0.4, -0.2) is 33.8 Å². The zero-order valence-corrected chi connectivity index (χ0v) is 9.85. The minimum absolute atomic E-state index is 0.199. The SMILES string of the molecule is CNC(=O)c1ccn(CCCCCC(=O)O)n1. The molecule has 0 spiro atoms. The third-order valence-electron chi connectivity index (χ3n) is 2.38. The number of carbonyl (C=O) groups is 2. The summed E-state index contributed by atoms with van der Waals surface area (Å²) in [6.45, 7) is 0.705. The molecule has 0 aromatic carbocycles. The standard InChI is InChI=1S/C11H17N3O3/c1-12-11(17)9-6-8-14(13-9)7-4-2-3-5-10(15)16/h6,8H,2-5,7H2,1H3,(H,12,17)(H,15,16). The molecule has 0 atom stereocenters. The smallest absolute Gasteiger partial charge is 0.303 e. The predicted octanol–water partition coefficient (Wildman–Crippen LogP) is 0.888. The number of nitrogens with one attached hydrogen (secondary N) is 1. The molecule has 1 aromatic heterocycles. The summed E-state index contributed by atoms with van der Waals surface area (Å²) >= 11 is 0. The number of aliphatic carboxylic acids is 1. The van der Waals surface area contributed by atoms with Gasteiger partial charge in [-0.1, -0.05) is 6.42 Å². The first kappa shape index (κ1) is 13.2. The number of aromatic nitrogens is 2. The van der Waals surface area contributed by atoms with Crippen LogP contribution in [0.2, 0.25) is 0 Å². The molecule has 0 aliphatic heterocycles. The van der Waals surface area contributed by atoms with E-state index in [1.165, 1.54) is 0 Å². The third-order valence-corrected chi connectivity index (χ3v) is 2.38. The Morgan fingerprint density at radius 3 is 2.82 bits per heavy atom. The van der Waals surface area contributed by atoms with Gasteiger partial charge in [-0.15, -0.1) is 0 Å². The Balaban J connectivity index is 2.25.